The molecule has 5 heteroatoms. The van der Waals surface area contributed by atoms with Crippen LogP contribution in [-0.4, -0.2) is 40.1 Å². The van der Waals surface area contributed by atoms with Crippen molar-refractivity contribution >= 4 is 0 Å². The molecule has 0 aromatic heterocycles. The lowest BCUT2D eigenvalue weighted by atomic mass is 10.2. The van der Waals surface area contributed by atoms with Crippen LogP contribution in [-0.2, 0) is 16.0 Å². The fourth-order valence-corrected chi connectivity index (χ4v) is 1.73. The maximum absolute atomic E-state index is 13.9. The molecule has 1 aromatic rings. The first-order valence-corrected chi connectivity index (χ1v) is 7.32. The van der Waals surface area contributed by atoms with Gasteiger partial charge in [0.25, 0.3) is 0 Å². The van der Waals surface area contributed by atoms with Crippen LogP contribution in [0.2, 0.25) is 0 Å². The molecule has 120 valence electrons. The van der Waals surface area contributed by atoms with Crippen LogP contribution in [0.3, 0.4) is 0 Å². The molecule has 0 saturated carbocycles. The highest BCUT2D eigenvalue weighted by Gasteiger charge is 2.05. The molecule has 0 amide bonds. The first kappa shape index (κ1) is 17.9. The lowest BCUT2D eigenvalue weighted by molar-refractivity contribution is 0.0538. The fourth-order valence-electron chi connectivity index (χ4n) is 1.73. The Morgan fingerprint density at radius 1 is 1.14 bits per heavy atom. The summed E-state index contributed by atoms with van der Waals surface area (Å²) >= 11 is 0. The quantitative estimate of drug-likeness (QED) is 0.638. The summed E-state index contributed by atoms with van der Waals surface area (Å²) in [5, 5.41) is 3.28. The number of methoxy groups -OCH3 is 1. The van der Waals surface area contributed by atoms with Crippen molar-refractivity contribution in [3.63, 3.8) is 0 Å². The number of hydrogen-bond acceptors (Lipinski definition) is 4. The van der Waals surface area contributed by atoms with Crippen molar-refractivity contribution in [1.29, 1.82) is 0 Å². The van der Waals surface area contributed by atoms with Gasteiger partial charge in [-0.1, -0.05) is 19.9 Å². The Hall–Kier alpha value is -1.17. The zero-order valence-electron chi connectivity index (χ0n) is 13.2. The molecule has 1 rings (SSSR count). The predicted molar refractivity (Wildman–Crippen MR) is 81.1 cm³/mol. The van der Waals surface area contributed by atoms with Crippen molar-refractivity contribution < 1.29 is 18.6 Å². The molecule has 0 aliphatic heterocycles. The molecule has 0 fully saturated rings. The van der Waals surface area contributed by atoms with Gasteiger partial charge in [-0.15, -0.1) is 0 Å². The highest BCUT2D eigenvalue weighted by Crippen LogP contribution is 2.18. The van der Waals surface area contributed by atoms with E-state index in [1.165, 1.54) is 6.07 Å². The van der Waals surface area contributed by atoms with Crippen molar-refractivity contribution in [3.05, 3.63) is 29.6 Å². The SMILES string of the molecule is COCCOCCOc1ccc(CNCC(C)C)cc1F. The van der Waals surface area contributed by atoms with Crippen LogP contribution in [0.5, 0.6) is 5.75 Å². The molecule has 0 radical (unpaired) electrons. The summed E-state index contributed by atoms with van der Waals surface area (Å²) in [5.41, 5.74) is 0.914. The van der Waals surface area contributed by atoms with Crippen LogP contribution >= 0.6 is 0 Å². The normalized spacial score (nSPS) is 11.1. The van der Waals surface area contributed by atoms with E-state index in [1.54, 1.807) is 13.2 Å². The molecular weight excluding hydrogens is 273 g/mol. The van der Waals surface area contributed by atoms with Gasteiger partial charge in [-0.05, 0) is 30.2 Å². The van der Waals surface area contributed by atoms with Crippen molar-refractivity contribution in [2.75, 3.05) is 40.1 Å². The second-order valence-corrected chi connectivity index (χ2v) is 5.24. The average Bonchev–Trinajstić information content (AvgIpc) is 2.44. The van der Waals surface area contributed by atoms with E-state index in [4.69, 9.17) is 14.2 Å². The second-order valence-electron chi connectivity index (χ2n) is 5.24. The number of nitrogens with one attached hydrogen (secondary N) is 1. The standard InChI is InChI=1S/C16H26FNO3/c1-13(2)11-18-12-14-4-5-16(15(17)10-14)21-9-8-20-7-6-19-3/h4-5,10,13,18H,6-9,11-12H2,1-3H3. The zero-order chi connectivity index (χ0) is 15.5. The van der Waals surface area contributed by atoms with E-state index in [2.05, 4.69) is 19.2 Å². The van der Waals surface area contributed by atoms with Gasteiger partial charge in [0.05, 0.1) is 19.8 Å². The van der Waals surface area contributed by atoms with Crippen LogP contribution in [0.4, 0.5) is 4.39 Å². The Balaban J connectivity index is 2.29. The summed E-state index contributed by atoms with van der Waals surface area (Å²) in [6.45, 7) is 7.66. The van der Waals surface area contributed by atoms with Crippen molar-refractivity contribution in [3.8, 4) is 5.75 Å². The van der Waals surface area contributed by atoms with Gasteiger partial charge in [0.1, 0.15) is 6.61 Å². The minimum atomic E-state index is -0.337. The van der Waals surface area contributed by atoms with E-state index in [0.29, 0.717) is 38.9 Å². The average molecular weight is 299 g/mol. The highest BCUT2D eigenvalue weighted by atomic mass is 19.1. The van der Waals surface area contributed by atoms with Gasteiger partial charge in [-0.2, -0.15) is 0 Å². The van der Waals surface area contributed by atoms with Gasteiger partial charge in [-0.25, -0.2) is 4.39 Å². The van der Waals surface area contributed by atoms with E-state index in [-0.39, 0.29) is 11.6 Å². The van der Waals surface area contributed by atoms with Crippen LogP contribution in [0.15, 0.2) is 18.2 Å². The second kappa shape index (κ2) is 10.5. The Labute approximate surface area is 126 Å². The molecule has 1 N–H and O–H groups in total. The maximum Gasteiger partial charge on any atom is 0.165 e. The van der Waals surface area contributed by atoms with Gasteiger partial charge in [-0.3, -0.25) is 0 Å². The topological polar surface area (TPSA) is 39.7 Å². The van der Waals surface area contributed by atoms with Gasteiger partial charge in [0, 0.05) is 13.7 Å². The largest absolute Gasteiger partial charge is 0.488 e. The Morgan fingerprint density at radius 2 is 1.90 bits per heavy atom. The molecule has 1 aromatic carbocycles. The van der Waals surface area contributed by atoms with Crippen LogP contribution in [0.1, 0.15) is 19.4 Å². The molecule has 4 nitrogen and oxygen atoms in total. The number of halogens is 1. The minimum Gasteiger partial charge on any atom is -0.488 e. The molecule has 0 saturated heterocycles. The molecule has 0 aliphatic rings. The van der Waals surface area contributed by atoms with E-state index in [1.807, 2.05) is 6.07 Å². The van der Waals surface area contributed by atoms with Crippen molar-refractivity contribution in [2.45, 2.75) is 20.4 Å². The smallest absolute Gasteiger partial charge is 0.165 e. The van der Waals surface area contributed by atoms with Gasteiger partial charge in [0.15, 0.2) is 11.6 Å². The number of hydrogen-bond donors (Lipinski definition) is 1. The van der Waals surface area contributed by atoms with E-state index < -0.39 is 0 Å². The van der Waals surface area contributed by atoms with E-state index in [9.17, 15) is 4.39 Å². The molecule has 0 bridgehead atoms. The van der Waals surface area contributed by atoms with Crippen LogP contribution in [0.25, 0.3) is 0 Å². The molecule has 0 unspecified atom stereocenters. The molecule has 0 spiro atoms. The first-order valence-electron chi connectivity index (χ1n) is 7.32. The monoisotopic (exact) mass is 299 g/mol. The van der Waals surface area contributed by atoms with E-state index >= 15 is 0 Å². The summed E-state index contributed by atoms with van der Waals surface area (Å²) in [6, 6.07) is 5.04. The van der Waals surface area contributed by atoms with Crippen molar-refractivity contribution in [2.24, 2.45) is 5.92 Å². The third-order valence-electron chi connectivity index (χ3n) is 2.80. The van der Waals surface area contributed by atoms with Gasteiger partial charge >= 0.3 is 0 Å². The molecule has 21 heavy (non-hydrogen) atoms. The van der Waals surface area contributed by atoms with E-state index in [0.717, 1.165) is 12.1 Å². The van der Waals surface area contributed by atoms with Gasteiger partial charge in [0.2, 0.25) is 0 Å². The maximum atomic E-state index is 13.9. The third kappa shape index (κ3) is 7.99. The Morgan fingerprint density at radius 3 is 2.57 bits per heavy atom. The van der Waals surface area contributed by atoms with Gasteiger partial charge < -0.3 is 19.5 Å². The summed E-state index contributed by atoms with van der Waals surface area (Å²) in [5.74, 6) is 0.504. The Kier molecular flexibility index (Phi) is 8.98. The molecular formula is C16H26FNO3. The summed E-state index contributed by atoms with van der Waals surface area (Å²) < 4.78 is 29.3. The summed E-state index contributed by atoms with van der Waals surface area (Å²) in [7, 11) is 1.62. The molecule has 0 atom stereocenters. The fraction of sp³-hybridized carbons (Fsp3) is 0.625. The lowest BCUT2D eigenvalue weighted by Crippen LogP contribution is -2.19. The predicted octanol–water partition coefficient (Wildman–Crippen LogP) is 2.61. The summed E-state index contributed by atoms with van der Waals surface area (Å²) in [4.78, 5) is 0. The number of benzene rings is 1. The Bertz CT molecular complexity index is 399. The van der Waals surface area contributed by atoms with Crippen LogP contribution in [0, 0.1) is 11.7 Å². The minimum absolute atomic E-state index is 0.262. The van der Waals surface area contributed by atoms with Crippen molar-refractivity contribution in [1.82, 2.24) is 5.32 Å². The highest BCUT2D eigenvalue weighted by molar-refractivity contribution is 5.29. The zero-order valence-corrected chi connectivity index (χ0v) is 13.2. The van der Waals surface area contributed by atoms with Crippen LogP contribution < -0.4 is 10.1 Å². The third-order valence-corrected chi connectivity index (χ3v) is 2.80. The molecule has 0 aliphatic carbocycles. The first-order chi connectivity index (χ1) is 10.1. The summed E-state index contributed by atoms with van der Waals surface area (Å²) in [6.07, 6.45) is 0. The number of ether oxygens (including phenoxy) is 3. The number of rotatable bonds is 11. The lowest BCUT2D eigenvalue weighted by Gasteiger charge is -2.10. The molecule has 0 heterocycles.